The fourth-order valence-electron chi connectivity index (χ4n) is 1.78. The Labute approximate surface area is 89.1 Å². The van der Waals surface area contributed by atoms with Crippen LogP contribution in [0, 0.1) is 0 Å². The summed E-state index contributed by atoms with van der Waals surface area (Å²) in [4.78, 5) is 11.5. The van der Waals surface area contributed by atoms with E-state index in [2.05, 4.69) is 5.32 Å². The fourth-order valence-corrected chi connectivity index (χ4v) is 1.78. The summed E-state index contributed by atoms with van der Waals surface area (Å²) in [6, 6.07) is 0. The van der Waals surface area contributed by atoms with Gasteiger partial charge in [-0.05, 0) is 0 Å². The molecular weight excluding hydrogens is 198 g/mol. The highest BCUT2D eigenvalue weighted by molar-refractivity contribution is 5.70. The number of hydrogen-bond donors (Lipinski definition) is 1. The van der Waals surface area contributed by atoms with E-state index in [1.807, 2.05) is 0 Å². The lowest BCUT2D eigenvalue weighted by Crippen LogP contribution is -2.40. The molecule has 2 aliphatic heterocycles. The molecule has 5 nitrogen and oxygen atoms in total. The van der Waals surface area contributed by atoms with Gasteiger partial charge in [0.25, 0.3) is 0 Å². The Morgan fingerprint density at radius 2 is 2.40 bits per heavy atom. The highest BCUT2D eigenvalue weighted by Crippen LogP contribution is 2.11. The first-order valence-corrected chi connectivity index (χ1v) is 5.44. The van der Waals surface area contributed by atoms with Crippen LogP contribution >= 0.6 is 0 Å². The zero-order chi connectivity index (χ0) is 10.5. The highest BCUT2D eigenvalue weighted by atomic mass is 16.6. The maximum atomic E-state index is 11.5. The van der Waals surface area contributed by atoms with Crippen molar-refractivity contribution in [2.75, 3.05) is 32.9 Å². The quantitative estimate of drug-likeness (QED) is 0.655. The van der Waals surface area contributed by atoms with Crippen LogP contribution < -0.4 is 5.32 Å². The summed E-state index contributed by atoms with van der Waals surface area (Å²) in [6.07, 6.45) is 1.07. The van der Waals surface area contributed by atoms with E-state index in [0.29, 0.717) is 26.2 Å². The van der Waals surface area contributed by atoms with Gasteiger partial charge in [-0.25, -0.2) is 0 Å². The van der Waals surface area contributed by atoms with Gasteiger partial charge in [0.15, 0.2) is 0 Å². The highest BCUT2D eigenvalue weighted by Gasteiger charge is 2.23. The summed E-state index contributed by atoms with van der Waals surface area (Å²) in [5, 5.41) is 3.18. The van der Waals surface area contributed by atoms with Gasteiger partial charge in [0.2, 0.25) is 0 Å². The molecule has 2 unspecified atom stereocenters. The largest absolute Gasteiger partial charge is 0.460 e. The molecule has 5 heteroatoms. The molecule has 0 aromatic heterocycles. The van der Waals surface area contributed by atoms with Crippen molar-refractivity contribution in [1.82, 2.24) is 5.32 Å². The Hall–Kier alpha value is -0.650. The van der Waals surface area contributed by atoms with Crippen molar-refractivity contribution < 1.29 is 19.0 Å². The van der Waals surface area contributed by atoms with Crippen LogP contribution in [-0.2, 0) is 19.0 Å². The average Bonchev–Trinajstić information content (AvgIpc) is 2.71. The van der Waals surface area contributed by atoms with Crippen molar-refractivity contribution >= 4 is 5.97 Å². The van der Waals surface area contributed by atoms with Gasteiger partial charge in [0.05, 0.1) is 32.3 Å². The molecular formula is C10H17NO4. The van der Waals surface area contributed by atoms with Gasteiger partial charge in [0.1, 0.15) is 6.10 Å². The molecule has 2 saturated heterocycles. The molecule has 1 N–H and O–H groups in total. The Bertz CT molecular complexity index is 209. The Kier molecular flexibility index (Phi) is 3.94. The molecule has 0 aliphatic carbocycles. The molecule has 2 heterocycles. The predicted molar refractivity (Wildman–Crippen MR) is 52.5 cm³/mol. The van der Waals surface area contributed by atoms with E-state index in [1.165, 1.54) is 0 Å². The molecule has 0 aromatic carbocycles. The Morgan fingerprint density at radius 1 is 1.47 bits per heavy atom. The molecule has 0 bridgehead atoms. The number of hydrogen-bond acceptors (Lipinski definition) is 5. The van der Waals surface area contributed by atoms with Gasteiger partial charge in [-0.3, -0.25) is 4.79 Å². The fraction of sp³-hybridized carbons (Fsp3) is 0.900. The second kappa shape index (κ2) is 5.44. The predicted octanol–water partition coefficient (Wildman–Crippen LogP) is -0.303. The second-order valence-electron chi connectivity index (χ2n) is 3.88. The maximum absolute atomic E-state index is 11.5. The third kappa shape index (κ3) is 3.44. The number of morpholine rings is 1. The standard InChI is InChI=1S/C10H17NO4/c12-10(15-8-1-3-13-7-8)5-9-6-11-2-4-14-9/h8-9,11H,1-7H2. The molecule has 0 amide bonds. The Balaban J connectivity index is 1.66. The first kappa shape index (κ1) is 10.9. The summed E-state index contributed by atoms with van der Waals surface area (Å²) in [7, 11) is 0. The molecule has 15 heavy (non-hydrogen) atoms. The number of rotatable bonds is 3. The van der Waals surface area contributed by atoms with E-state index >= 15 is 0 Å². The van der Waals surface area contributed by atoms with Crippen molar-refractivity contribution in [2.45, 2.75) is 25.0 Å². The number of ether oxygens (including phenoxy) is 3. The smallest absolute Gasteiger partial charge is 0.308 e. The number of carbonyl (C=O) groups excluding carboxylic acids is 1. The van der Waals surface area contributed by atoms with Crippen molar-refractivity contribution in [3.63, 3.8) is 0 Å². The third-order valence-electron chi connectivity index (χ3n) is 2.58. The monoisotopic (exact) mass is 215 g/mol. The van der Waals surface area contributed by atoms with Gasteiger partial charge in [-0.15, -0.1) is 0 Å². The first-order chi connectivity index (χ1) is 7.34. The minimum absolute atomic E-state index is 0.0337. The van der Waals surface area contributed by atoms with Crippen LogP contribution in [0.15, 0.2) is 0 Å². The van der Waals surface area contributed by atoms with Gasteiger partial charge in [0, 0.05) is 19.5 Å². The van der Waals surface area contributed by atoms with Crippen molar-refractivity contribution in [1.29, 1.82) is 0 Å². The summed E-state index contributed by atoms with van der Waals surface area (Å²) < 4.78 is 15.8. The van der Waals surface area contributed by atoms with Crippen LogP contribution in [-0.4, -0.2) is 51.1 Å². The van der Waals surface area contributed by atoms with Gasteiger partial charge >= 0.3 is 5.97 Å². The lowest BCUT2D eigenvalue weighted by Gasteiger charge is -2.23. The summed E-state index contributed by atoms with van der Waals surface area (Å²) in [5.41, 5.74) is 0. The van der Waals surface area contributed by atoms with Gasteiger partial charge < -0.3 is 19.5 Å². The van der Waals surface area contributed by atoms with Crippen LogP contribution in [0.5, 0.6) is 0 Å². The molecule has 2 rings (SSSR count). The lowest BCUT2D eigenvalue weighted by molar-refractivity contribution is -0.152. The first-order valence-electron chi connectivity index (χ1n) is 5.44. The average molecular weight is 215 g/mol. The van der Waals surface area contributed by atoms with Crippen LogP contribution in [0.2, 0.25) is 0 Å². The molecule has 0 aromatic rings. The van der Waals surface area contributed by atoms with E-state index in [9.17, 15) is 4.79 Å². The summed E-state index contributed by atoms with van der Waals surface area (Å²) >= 11 is 0. The van der Waals surface area contributed by atoms with E-state index in [-0.39, 0.29) is 18.2 Å². The van der Waals surface area contributed by atoms with Crippen LogP contribution in [0.4, 0.5) is 0 Å². The number of esters is 1. The van der Waals surface area contributed by atoms with E-state index in [4.69, 9.17) is 14.2 Å². The molecule has 2 fully saturated rings. The maximum Gasteiger partial charge on any atom is 0.308 e. The van der Waals surface area contributed by atoms with Gasteiger partial charge in [-0.1, -0.05) is 0 Å². The van der Waals surface area contributed by atoms with Crippen molar-refractivity contribution in [2.24, 2.45) is 0 Å². The second-order valence-corrected chi connectivity index (χ2v) is 3.88. The Morgan fingerprint density at radius 3 is 3.07 bits per heavy atom. The molecule has 2 atom stereocenters. The number of carbonyl (C=O) groups is 1. The molecule has 2 aliphatic rings. The third-order valence-corrected chi connectivity index (χ3v) is 2.58. The minimum atomic E-state index is -0.181. The van der Waals surface area contributed by atoms with Crippen LogP contribution in [0.25, 0.3) is 0 Å². The molecule has 0 saturated carbocycles. The number of nitrogens with one attached hydrogen (secondary N) is 1. The lowest BCUT2D eigenvalue weighted by atomic mass is 10.2. The zero-order valence-electron chi connectivity index (χ0n) is 8.74. The van der Waals surface area contributed by atoms with E-state index < -0.39 is 0 Å². The van der Waals surface area contributed by atoms with E-state index in [0.717, 1.165) is 19.5 Å². The summed E-state index contributed by atoms with van der Waals surface area (Å²) in [5.74, 6) is -0.181. The van der Waals surface area contributed by atoms with Crippen LogP contribution in [0.1, 0.15) is 12.8 Å². The van der Waals surface area contributed by atoms with Crippen molar-refractivity contribution in [3.8, 4) is 0 Å². The normalized spacial score (nSPS) is 31.5. The molecule has 86 valence electrons. The topological polar surface area (TPSA) is 56.8 Å². The SMILES string of the molecule is O=C(CC1CNCCO1)OC1CCOC1. The summed E-state index contributed by atoms with van der Waals surface area (Å²) in [6.45, 7) is 3.50. The minimum Gasteiger partial charge on any atom is -0.460 e. The molecule has 0 spiro atoms. The zero-order valence-corrected chi connectivity index (χ0v) is 8.74. The van der Waals surface area contributed by atoms with Crippen LogP contribution in [0.3, 0.4) is 0 Å². The van der Waals surface area contributed by atoms with Gasteiger partial charge in [-0.2, -0.15) is 0 Å². The van der Waals surface area contributed by atoms with E-state index in [1.54, 1.807) is 0 Å². The molecule has 0 radical (unpaired) electrons. The van der Waals surface area contributed by atoms with Crippen molar-refractivity contribution in [3.05, 3.63) is 0 Å².